The highest BCUT2D eigenvalue weighted by Gasteiger charge is 1.94. The smallest absolute Gasteiger partial charge is 0.0431 e. The molecule has 0 fully saturated rings. The lowest BCUT2D eigenvalue weighted by molar-refractivity contribution is 0.282. The van der Waals surface area contributed by atoms with Gasteiger partial charge in [-0.05, 0) is 6.42 Å². The monoisotopic (exact) mass is 304 g/mol. The molecule has 1 unspecified atom stereocenters. The van der Waals surface area contributed by atoms with E-state index in [2.05, 4.69) is 6.92 Å². The van der Waals surface area contributed by atoms with Crippen LogP contribution in [0.3, 0.4) is 0 Å². The van der Waals surface area contributed by atoms with Gasteiger partial charge in [-0.15, -0.1) is 0 Å². The van der Waals surface area contributed by atoms with E-state index in [1.54, 1.807) is 0 Å². The summed E-state index contributed by atoms with van der Waals surface area (Å²) in [5.41, 5.74) is 0. The van der Waals surface area contributed by atoms with Gasteiger partial charge >= 0.3 is 0 Å². The van der Waals surface area contributed by atoms with Gasteiger partial charge in [-0.25, -0.2) is 0 Å². The van der Waals surface area contributed by atoms with E-state index in [9.17, 15) is 0 Å². The molecule has 0 saturated carbocycles. The van der Waals surface area contributed by atoms with Gasteiger partial charge in [-0.2, -0.15) is 9.90 Å². The molecule has 0 aliphatic heterocycles. The van der Waals surface area contributed by atoms with Crippen LogP contribution in [0.15, 0.2) is 0 Å². The zero-order valence-corrected chi connectivity index (χ0v) is 15.6. The predicted molar refractivity (Wildman–Crippen MR) is 97.7 cm³/mol. The third-order valence-corrected chi connectivity index (χ3v) is 4.01. The standard InChI is InChI=1S/C18H38O.H3P/c1-2-3-4-5-6-7-8-9-10-11-12-13-14-15-16-17-18-19;/h19H,2-18H2,1H3;1H3. The molecule has 0 heterocycles. The minimum atomic E-state index is 0. The average Bonchev–Trinajstić information content (AvgIpc) is 2.43. The molecule has 1 nitrogen and oxygen atoms in total. The molecule has 0 saturated heterocycles. The Morgan fingerprint density at radius 2 is 0.700 bits per heavy atom. The molecule has 0 aromatic heterocycles. The van der Waals surface area contributed by atoms with E-state index in [1.165, 1.54) is 96.3 Å². The summed E-state index contributed by atoms with van der Waals surface area (Å²) < 4.78 is 0. The first kappa shape index (κ1) is 22.7. The second-order valence-electron chi connectivity index (χ2n) is 6.03. The molecule has 0 aromatic rings. The van der Waals surface area contributed by atoms with Crippen LogP contribution in [0.2, 0.25) is 0 Å². The van der Waals surface area contributed by atoms with Gasteiger partial charge in [-0.3, -0.25) is 0 Å². The lowest BCUT2D eigenvalue weighted by Crippen LogP contribution is -1.85. The van der Waals surface area contributed by atoms with Crippen molar-refractivity contribution in [3.05, 3.63) is 0 Å². The second kappa shape index (κ2) is 21.7. The van der Waals surface area contributed by atoms with Gasteiger partial charge in [0.15, 0.2) is 0 Å². The van der Waals surface area contributed by atoms with Gasteiger partial charge in [-0.1, -0.05) is 103 Å². The number of unbranched alkanes of at least 4 members (excludes halogenated alkanes) is 15. The molecule has 0 bridgehead atoms. The van der Waals surface area contributed by atoms with Gasteiger partial charge in [0.2, 0.25) is 0 Å². The second-order valence-corrected chi connectivity index (χ2v) is 6.03. The zero-order chi connectivity index (χ0) is 14.0. The Balaban J connectivity index is 0. The summed E-state index contributed by atoms with van der Waals surface area (Å²) >= 11 is 0. The van der Waals surface area contributed by atoms with E-state index >= 15 is 0 Å². The molecule has 0 rings (SSSR count). The summed E-state index contributed by atoms with van der Waals surface area (Å²) in [6.07, 6.45) is 22.2. The first-order chi connectivity index (χ1) is 9.41. The van der Waals surface area contributed by atoms with Crippen LogP contribution in [0.5, 0.6) is 0 Å². The van der Waals surface area contributed by atoms with Gasteiger partial charge in [0, 0.05) is 6.61 Å². The Morgan fingerprint density at radius 3 is 0.950 bits per heavy atom. The van der Waals surface area contributed by atoms with Crippen LogP contribution in [0.25, 0.3) is 0 Å². The van der Waals surface area contributed by atoms with Crippen LogP contribution in [0.4, 0.5) is 0 Å². The predicted octanol–water partition coefficient (Wildman–Crippen LogP) is 6.30. The minimum Gasteiger partial charge on any atom is -0.396 e. The SMILES string of the molecule is CCCCCCCCCCCCCCCCCCO.P. The van der Waals surface area contributed by atoms with E-state index in [1.807, 2.05) is 0 Å². The molecule has 124 valence electrons. The molecule has 2 heteroatoms. The first-order valence-corrected chi connectivity index (χ1v) is 9.02. The molecule has 1 N–H and O–H groups in total. The summed E-state index contributed by atoms with van der Waals surface area (Å²) in [5.74, 6) is 0. The first-order valence-electron chi connectivity index (χ1n) is 9.02. The van der Waals surface area contributed by atoms with E-state index in [0.717, 1.165) is 6.42 Å². The average molecular weight is 304 g/mol. The fourth-order valence-corrected chi connectivity index (χ4v) is 2.66. The van der Waals surface area contributed by atoms with Crippen LogP contribution in [-0.4, -0.2) is 11.7 Å². The van der Waals surface area contributed by atoms with Crippen molar-refractivity contribution in [3.63, 3.8) is 0 Å². The van der Waals surface area contributed by atoms with Crippen molar-refractivity contribution in [1.29, 1.82) is 0 Å². The van der Waals surface area contributed by atoms with Crippen LogP contribution >= 0.6 is 9.90 Å². The van der Waals surface area contributed by atoms with Gasteiger partial charge in [0.1, 0.15) is 0 Å². The fourth-order valence-electron chi connectivity index (χ4n) is 2.66. The minimum absolute atomic E-state index is 0. The van der Waals surface area contributed by atoms with Crippen molar-refractivity contribution < 1.29 is 5.11 Å². The van der Waals surface area contributed by atoms with Crippen LogP contribution in [0.1, 0.15) is 110 Å². The zero-order valence-electron chi connectivity index (χ0n) is 14.2. The molecular weight excluding hydrogens is 263 g/mol. The third-order valence-electron chi connectivity index (χ3n) is 4.01. The lowest BCUT2D eigenvalue weighted by Gasteiger charge is -2.03. The summed E-state index contributed by atoms with van der Waals surface area (Å²) in [7, 11) is 0. The Bertz CT molecular complexity index is 134. The van der Waals surface area contributed by atoms with Crippen LogP contribution < -0.4 is 0 Å². The van der Waals surface area contributed by atoms with E-state index in [0.29, 0.717) is 6.61 Å². The molecule has 1 atom stereocenters. The van der Waals surface area contributed by atoms with Crippen molar-refractivity contribution in [2.45, 2.75) is 110 Å². The summed E-state index contributed by atoms with van der Waals surface area (Å²) in [6.45, 7) is 2.66. The molecule has 20 heavy (non-hydrogen) atoms. The van der Waals surface area contributed by atoms with Gasteiger partial charge in [0.05, 0.1) is 0 Å². The summed E-state index contributed by atoms with van der Waals surface area (Å²) in [6, 6.07) is 0. The molecule has 0 aromatic carbocycles. The maximum absolute atomic E-state index is 8.67. The number of aliphatic hydroxyl groups is 1. The molecule has 0 radical (unpaired) electrons. The number of aliphatic hydroxyl groups excluding tert-OH is 1. The fraction of sp³-hybridized carbons (Fsp3) is 1.00. The Labute approximate surface area is 131 Å². The van der Waals surface area contributed by atoms with E-state index in [-0.39, 0.29) is 9.90 Å². The highest BCUT2D eigenvalue weighted by atomic mass is 31.0. The maximum Gasteiger partial charge on any atom is 0.0431 e. The van der Waals surface area contributed by atoms with Crippen molar-refractivity contribution in [1.82, 2.24) is 0 Å². The lowest BCUT2D eigenvalue weighted by atomic mass is 10.0. The summed E-state index contributed by atoms with van der Waals surface area (Å²) in [5, 5.41) is 8.67. The Hall–Kier alpha value is 0.390. The van der Waals surface area contributed by atoms with E-state index < -0.39 is 0 Å². The largest absolute Gasteiger partial charge is 0.396 e. The van der Waals surface area contributed by atoms with Crippen molar-refractivity contribution in [2.24, 2.45) is 0 Å². The van der Waals surface area contributed by atoms with E-state index in [4.69, 9.17) is 5.11 Å². The van der Waals surface area contributed by atoms with Crippen LogP contribution in [0, 0.1) is 0 Å². The number of hydrogen-bond acceptors (Lipinski definition) is 1. The van der Waals surface area contributed by atoms with Crippen molar-refractivity contribution in [3.8, 4) is 0 Å². The molecule has 0 aliphatic carbocycles. The highest BCUT2D eigenvalue weighted by molar-refractivity contribution is 6.92. The maximum atomic E-state index is 8.67. The van der Waals surface area contributed by atoms with Crippen LogP contribution in [-0.2, 0) is 0 Å². The molecule has 0 aliphatic rings. The topological polar surface area (TPSA) is 20.2 Å². The summed E-state index contributed by atoms with van der Waals surface area (Å²) in [4.78, 5) is 0. The molecular formula is C18H41OP. The quantitative estimate of drug-likeness (QED) is 0.262. The highest BCUT2D eigenvalue weighted by Crippen LogP contribution is 2.13. The normalized spacial score (nSPS) is 10.5. The molecule has 0 amide bonds. The van der Waals surface area contributed by atoms with Crippen molar-refractivity contribution >= 4 is 9.90 Å². The Kier molecular flexibility index (Phi) is 24.6. The Morgan fingerprint density at radius 1 is 0.450 bits per heavy atom. The number of hydrogen-bond donors (Lipinski definition) is 1. The van der Waals surface area contributed by atoms with Crippen molar-refractivity contribution in [2.75, 3.05) is 6.61 Å². The van der Waals surface area contributed by atoms with Gasteiger partial charge in [0.25, 0.3) is 0 Å². The molecule has 0 spiro atoms. The third kappa shape index (κ3) is 20.7. The number of rotatable bonds is 16. The van der Waals surface area contributed by atoms with Gasteiger partial charge < -0.3 is 5.11 Å².